The van der Waals surface area contributed by atoms with E-state index in [4.69, 9.17) is 4.42 Å². The zero-order valence-corrected chi connectivity index (χ0v) is 9.04. The minimum absolute atomic E-state index is 0.0207. The second-order valence-corrected chi connectivity index (χ2v) is 4.06. The Morgan fingerprint density at radius 1 is 1.41 bits per heavy atom. The summed E-state index contributed by atoms with van der Waals surface area (Å²) in [6, 6.07) is -0.289. The molecule has 1 aliphatic rings. The molecule has 0 N–H and O–H groups in total. The third kappa shape index (κ3) is 2.45. The van der Waals surface area contributed by atoms with Gasteiger partial charge < -0.3 is 9.32 Å². The summed E-state index contributed by atoms with van der Waals surface area (Å²) >= 11 is 0. The van der Waals surface area contributed by atoms with Gasteiger partial charge in [-0.15, -0.1) is 0 Å². The third-order valence-electron chi connectivity index (χ3n) is 2.91. The number of halogens is 3. The predicted molar refractivity (Wildman–Crippen MR) is 53.4 cm³/mol. The number of nitrogens with zero attached hydrogens (tertiary/aromatic N) is 1. The van der Waals surface area contributed by atoms with Crippen LogP contribution in [0, 0.1) is 0 Å². The lowest BCUT2D eigenvalue weighted by Gasteiger charge is -2.36. The maximum absolute atomic E-state index is 12.8. The average Bonchev–Trinajstić information content (AvgIpc) is 2.80. The van der Waals surface area contributed by atoms with Crippen molar-refractivity contribution in [2.75, 3.05) is 6.54 Å². The fourth-order valence-corrected chi connectivity index (χ4v) is 2.07. The highest BCUT2D eigenvalue weighted by Crippen LogP contribution is 2.32. The van der Waals surface area contributed by atoms with Crippen LogP contribution in [-0.4, -0.2) is 29.6 Å². The summed E-state index contributed by atoms with van der Waals surface area (Å²) in [7, 11) is 0. The van der Waals surface area contributed by atoms with Gasteiger partial charge in [0.2, 0.25) is 0 Å². The van der Waals surface area contributed by atoms with Gasteiger partial charge in [0.25, 0.3) is 5.91 Å². The Kier molecular flexibility index (Phi) is 3.13. The topological polar surface area (TPSA) is 33.5 Å². The molecule has 6 heteroatoms. The molecule has 1 atom stereocenters. The molecule has 0 radical (unpaired) electrons. The van der Waals surface area contributed by atoms with E-state index in [1.807, 2.05) is 0 Å². The Morgan fingerprint density at radius 3 is 2.76 bits per heavy atom. The average molecular weight is 247 g/mol. The number of hydrogen-bond donors (Lipinski definition) is 0. The van der Waals surface area contributed by atoms with Crippen molar-refractivity contribution in [3.63, 3.8) is 0 Å². The maximum atomic E-state index is 12.8. The molecule has 1 aromatic rings. The highest BCUT2D eigenvalue weighted by molar-refractivity contribution is 5.94. The zero-order valence-electron chi connectivity index (χ0n) is 9.04. The van der Waals surface area contributed by atoms with Crippen LogP contribution in [-0.2, 0) is 0 Å². The molecule has 17 heavy (non-hydrogen) atoms. The van der Waals surface area contributed by atoms with Gasteiger partial charge in [0.05, 0.1) is 11.8 Å². The van der Waals surface area contributed by atoms with E-state index in [-0.39, 0.29) is 18.5 Å². The number of carbonyl (C=O) groups excluding carboxylic acids is 1. The van der Waals surface area contributed by atoms with Gasteiger partial charge in [-0.25, -0.2) is 0 Å². The molecule has 1 fully saturated rings. The van der Waals surface area contributed by atoms with Gasteiger partial charge >= 0.3 is 6.18 Å². The minimum atomic E-state index is -4.36. The van der Waals surface area contributed by atoms with Crippen LogP contribution in [0.25, 0.3) is 0 Å². The van der Waals surface area contributed by atoms with E-state index in [9.17, 15) is 18.0 Å². The van der Waals surface area contributed by atoms with Crippen LogP contribution in [0.3, 0.4) is 0 Å². The second-order valence-electron chi connectivity index (χ2n) is 4.06. The molecule has 2 rings (SSSR count). The smallest absolute Gasteiger partial charge is 0.408 e. The van der Waals surface area contributed by atoms with Gasteiger partial charge in [-0.2, -0.15) is 13.2 Å². The van der Waals surface area contributed by atoms with Crippen LogP contribution in [0.15, 0.2) is 23.0 Å². The molecule has 1 aliphatic heterocycles. The Morgan fingerprint density at radius 2 is 2.18 bits per heavy atom. The number of carbonyl (C=O) groups is 1. The quantitative estimate of drug-likeness (QED) is 0.764. The van der Waals surface area contributed by atoms with Crippen molar-refractivity contribution in [3.05, 3.63) is 24.2 Å². The van der Waals surface area contributed by atoms with Crippen molar-refractivity contribution in [2.24, 2.45) is 0 Å². The molecule has 1 aromatic heterocycles. The highest BCUT2D eigenvalue weighted by atomic mass is 19.4. The lowest BCUT2D eigenvalue weighted by atomic mass is 10.0. The summed E-state index contributed by atoms with van der Waals surface area (Å²) in [6.07, 6.45) is -0.827. The lowest BCUT2D eigenvalue weighted by Crippen LogP contribution is -2.51. The first-order chi connectivity index (χ1) is 8.00. The Hall–Kier alpha value is -1.46. The van der Waals surface area contributed by atoms with E-state index >= 15 is 0 Å². The third-order valence-corrected chi connectivity index (χ3v) is 2.91. The summed E-state index contributed by atoms with van der Waals surface area (Å²) in [5, 5.41) is 0. The monoisotopic (exact) mass is 247 g/mol. The molecule has 2 heterocycles. The number of amides is 1. The lowest BCUT2D eigenvalue weighted by molar-refractivity contribution is -0.183. The van der Waals surface area contributed by atoms with Crippen molar-refractivity contribution < 1.29 is 22.4 Å². The first-order valence-corrected chi connectivity index (χ1v) is 5.40. The molecular formula is C11H12F3NO2. The molecule has 94 valence electrons. The Balaban J connectivity index is 2.20. The molecular weight excluding hydrogens is 235 g/mol. The first kappa shape index (κ1) is 12.0. The number of furan rings is 1. The molecule has 0 spiro atoms. The zero-order chi connectivity index (χ0) is 12.5. The van der Waals surface area contributed by atoms with Gasteiger partial charge in [-0.05, 0) is 25.3 Å². The molecule has 3 nitrogen and oxygen atoms in total. The Bertz CT molecular complexity index is 386. The van der Waals surface area contributed by atoms with Crippen molar-refractivity contribution >= 4 is 5.91 Å². The van der Waals surface area contributed by atoms with Crippen LogP contribution < -0.4 is 0 Å². The van der Waals surface area contributed by atoms with Gasteiger partial charge in [0, 0.05) is 6.54 Å². The van der Waals surface area contributed by atoms with Crippen LogP contribution in [0.5, 0.6) is 0 Å². The van der Waals surface area contributed by atoms with E-state index in [0.717, 1.165) is 4.90 Å². The number of alkyl halides is 3. The largest absolute Gasteiger partial charge is 0.472 e. The van der Waals surface area contributed by atoms with E-state index < -0.39 is 18.1 Å². The molecule has 0 aliphatic carbocycles. The minimum Gasteiger partial charge on any atom is -0.472 e. The van der Waals surface area contributed by atoms with Gasteiger partial charge in [0.15, 0.2) is 0 Å². The fourth-order valence-electron chi connectivity index (χ4n) is 2.07. The van der Waals surface area contributed by atoms with Gasteiger partial charge in [-0.1, -0.05) is 0 Å². The van der Waals surface area contributed by atoms with Crippen LogP contribution in [0.2, 0.25) is 0 Å². The van der Waals surface area contributed by atoms with Gasteiger partial charge in [-0.3, -0.25) is 4.79 Å². The molecule has 1 saturated heterocycles. The van der Waals surface area contributed by atoms with Gasteiger partial charge in [0.1, 0.15) is 12.3 Å². The number of piperidine rings is 1. The van der Waals surface area contributed by atoms with Crippen molar-refractivity contribution in [3.8, 4) is 0 Å². The SMILES string of the molecule is O=C(c1ccoc1)N1CCCCC1C(F)(F)F. The summed E-state index contributed by atoms with van der Waals surface area (Å²) in [5.41, 5.74) is 0.168. The molecule has 0 saturated carbocycles. The molecule has 1 amide bonds. The van der Waals surface area contributed by atoms with E-state index in [1.54, 1.807) is 0 Å². The molecule has 1 unspecified atom stereocenters. The van der Waals surface area contributed by atoms with Crippen LogP contribution >= 0.6 is 0 Å². The highest BCUT2D eigenvalue weighted by Gasteiger charge is 2.46. The molecule has 0 aromatic carbocycles. The van der Waals surface area contributed by atoms with Crippen molar-refractivity contribution in [1.82, 2.24) is 4.90 Å². The first-order valence-electron chi connectivity index (χ1n) is 5.40. The van der Waals surface area contributed by atoms with E-state index in [1.165, 1.54) is 18.6 Å². The second kappa shape index (κ2) is 4.43. The number of likely N-dealkylation sites (tertiary alicyclic amines) is 1. The normalized spacial score (nSPS) is 21.6. The predicted octanol–water partition coefficient (Wildman–Crippen LogP) is 2.84. The summed E-state index contributed by atoms with van der Waals surface area (Å²) in [5.74, 6) is -0.610. The summed E-state index contributed by atoms with van der Waals surface area (Å²) in [4.78, 5) is 12.8. The molecule has 0 bridgehead atoms. The number of rotatable bonds is 1. The van der Waals surface area contributed by atoms with Crippen LogP contribution in [0.4, 0.5) is 13.2 Å². The number of hydrogen-bond acceptors (Lipinski definition) is 2. The Labute approximate surface area is 96.2 Å². The van der Waals surface area contributed by atoms with Crippen molar-refractivity contribution in [2.45, 2.75) is 31.5 Å². The van der Waals surface area contributed by atoms with E-state index in [2.05, 4.69) is 0 Å². The fraction of sp³-hybridized carbons (Fsp3) is 0.545. The van der Waals surface area contributed by atoms with Crippen LogP contribution in [0.1, 0.15) is 29.6 Å². The standard InChI is InChI=1S/C11H12F3NO2/c12-11(13,14)9-3-1-2-5-15(9)10(16)8-4-6-17-7-8/h4,6-7,9H,1-3,5H2. The van der Waals surface area contributed by atoms with Crippen molar-refractivity contribution in [1.29, 1.82) is 0 Å². The van der Waals surface area contributed by atoms with E-state index in [0.29, 0.717) is 12.8 Å². The maximum Gasteiger partial charge on any atom is 0.408 e. The summed E-state index contributed by atoms with van der Waals surface area (Å²) < 4.78 is 43.0. The summed E-state index contributed by atoms with van der Waals surface area (Å²) in [6.45, 7) is 0.147.